The van der Waals surface area contributed by atoms with Crippen molar-refractivity contribution in [2.45, 2.75) is 25.8 Å². The minimum Gasteiger partial charge on any atom is -0.480 e. The van der Waals surface area contributed by atoms with Crippen molar-refractivity contribution in [3.63, 3.8) is 0 Å². The van der Waals surface area contributed by atoms with Crippen molar-refractivity contribution in [3.8, 4) is 0 Å². The molecule has 0 amide bonds. The normalized spacial score (nSPS) is 19.1. The van der Waals surface area contributed by atoms with Gasteiger partial charge in [0.2, 0.25) is 0 Å². The minimum atomic E-state index is -4.41. The van der Waals surface area contributed by atoms with Crippen molar-refractivity contribution in [2.24, 2.45) is 0 Å². The number of hydrogen-bond acceptors (Lipinski definition) is 7. The van der Waals surface area contributed by atoms with Crippen LogP contribution in [-0.4, -0.2) is 96.7 Å². The fourth-order valence-corrected chi connectivity index (χ4v) is 3.87. The first kappa shape index (κ1) is 23.4. The van der Waals surface area contributed by atoms with Gasteiger partial charge in [0.15, 0.2) is 0 Å². The van der Waals surface area contributed by atoms with E-state index in [9.17, 15) is 34.2 Å². The van der Waals surface area contributed by atoms with Gasteiger partial charge in [-0.15, -0.1) is 0 Å². The maximum absolute atomic E-state index is 11.8. The molecular weight excluding hydrogens is 403 g/mol. The molecule has 0 saturated heterocycles. The van der Waals surface area contributed by atoms with Gasteiger partial charge < -0.3 is 20.0 Å². The summed E-state index contributed by atoms with van der Waals surface area (Å²) in [7, 11) is -4.41. The van der Waals surface area contributed by atoms with E-state index in [1.165, 1.54) is 6.92 Å². The lowest BCUT2D eigenvalue weighted by atomic mass is 10.2. The summed E-state index contributed by atoms with van der Waals surface area (Å²) < 4.78 is 11.8. The summed E-state index contributed by atoms with van der Waals surface area (Å²) in [6, 6.07) is 5.33. The smallest absolute Gasteiger partial charge is 0.342 e. The van der Waals surface area contributed by atoms with Gasteiger partial charge in [-0.2, -0.15) is 0 Å². The number of aromatic nitrogens is 1. The number of rotatable bonds is 6. The van der Waals surface area contributed by atoms with E-state index in [0.717, 1.165) is 0 Å². The van der Waals surface area contributed by atoms with Gasteiger partial charge in [0.05, 0.1) is 24.5 Å². The van der Waals surface area contributed by atoms with Gasteiger partial charge in [-0.1, -0.05) is 6.07 Å². The van der Waals surface area contributed by atoms with E-state index in [1.807, 2.05) is 0 Å². The van der Waals surface area contributed by atoms with Gasteiger partial charge in [0.1, 0.15) is 5.78 Å². The molecule has 2 rings (SSSR count). The highest BCUT2D eigenvalue weighted by molar-refractivity contribution is 7.52. The van der Waals surface area contributed by atoms with Crippen LogP contribution < -0.4 is 0 Å². The predicted octanol–water partition coefficient (Wildman–Crippen LogP) is -0.306. The van der Waals surface area contributed by atoms with Crippen molar-refractivity contribution < 1.29 is 34.2 Å². The SMILES string of the molecule is CC(N1CCN(CC(=O)O)Cc2cccc(n2)CN(CC(=O)O)CC1)P(=O)(O)O. The van der Waals surface area contributed by atoms with Crippen molar-refractivity contribution in [2.75, 3.05) is 39.3 Å². The highest BCUT2D eigenvalue weighted by Gasteiger charge is 2.31. The van der Waals surface area contributed by atoms with Crippen LogP contribution in [-0.2, 0) is 27.2 Å². The zero-order valence-corrected chi connectivity index (χ0v) is 17.1. The van der Waals surface area contributed by atoms with Gasteiger partial charge in [-0.3, -0.25) is 33.8 Å². The number of hydrogen-bond donors (Lipinski definition) is 4. The fourth-order valence-electron chi connectivity index (χ4n) is 3.21. The molecule has 0 aliphatic carbocycles. The molecule has 1 aliphatic heterocycles. The number of carboxylic acid groups (broad SMARTS) is 2. The number of nitrogens with zero attached hydrogens (tertiary/aromatic N) is 4. The van der Waals surface area contributed by atoms with Crippen molar-refractivity contribution in [3.05, 3.63) is 29.6 Å². The number of carboxylic acids is 2. The number of carbonyl (C=O) groups is 2. The van der Waals surface area contributed by atoms with Gasteiger partial charge >= 0.3 is 19.5 Å². The Morgan fingerprint density at radius 1 is 1.00 bits per heavy atom. The van der Waals surface area contributed by atoms with E-state index in [4.69, 9.17) is 0 Å². The van der Waals surface area contributed by atoms with Gasteiger partial charge in [-0.25, -0.2) is 0 Å². The highest BCUT2D eigenvalue weighted by atomic mass is 31.2. The monoisotopic (exact) mass is 430 g/mol. The van der Waals surface area contributed by atoms with E-state index >= 15 is 0 Å². The molecule has 1 unspecified atom stereocenters. The van der Waals surface area contributed by atoms with Crippen molar-refractivity contribution >= 4 is 19.5 Å². The molecule has 1 aromatic heterocycles. The van der Waals surface area contributed by atoms with Crippen LogP contribution in [0.2, 0.25) is 0 Å². The zero-order valence-electron chi connectivity index (χ0n) is 16.2. The Morgan fingerprint density at radius 3 is 1.83 bits per heavy atom. The molecule has 0 spiro atoms. The van der Waals surface area contributed by atoms with Crippen LogP contribution >= 0.6 is 7.60 Å². The summed E-state index contributed by atoms with van der Waals surface area (Å²) in [5, 5.41) is 18.4. The molecule has 0 fully saturated rings. The molecular formula is C17H27N4O7P. The molecule has 11 nitrogen and oxygen atoms in total. The molecule has 29 heavy (non-hydrogen) atoms. The van der Waals surface area contributed by atoms with Crippen LogP contribution in [0.3, 0.4) is 0 Å². The van der Waals surface area contributed by atoms with Crippen molar-refractivity contribution in [1.29, 1.82) is 0 Å². The summed E-state index contributed by atoms with van der Waals surface area (Å²) in [5.41, 5.74) is 1.29. The van der Waals surface area contributed by atoms with E-state index in [2.05, 4.69) is 4.98 Å². The van der Waals surface area contributed by atoms with Crippen LogP contribution in [0.25, 0.3) is 0 Å². The second-order valence-corrected chi connectivity index (χ2v) is 9.01. The predicted molar refractivity (Wildman–Crippen MR) is 103 cm³/mol. The quantitative estimate of drug-likeness (QED) is 0.439. The van der Waals surface area contributed by atoms with Gasteiger partial charge in [-0.05, 0) is 19.1 Å². The maximum atomic E-state index is 11.8. The number of aliphatic carboxylic acids is 2. The van der Waals surface area contributed by atoms with Crippen LogP contribution in [0.5, 0.6) is 0 Å². The second-order valence-electron chi connectivity index (χ2n) is 7.09. The van der Waals surface area contributed by atoms with E-state index < -0.39 is 25.3 Å². The average molecular weight is 430 g/mol. The van der Waals surface area contributed by atoms with Crippen LogP contribution in [0.1, 0.15) is 18.3 Å². The summed E-state index contributed by atoms with van der Waals surface area (Å²) in [5.74, 6) is -3.08. The van der Waals surface area contributed by atoms with Crippen LogP contribution in [0.15, 0.2) is 18.2 Å². The van der Waals surface area contributed by atoms with E-state index in [-0.39, 0.29) is 52.4 Å². The van der Waals surface area contributed by atoms with Crippen molar-refractivity contribution in [1.82, 2.24) is 19.7 Å². The number of pyridine rings is 1. The maximum Gasteiger partial charge on any atom is 0.342 e. The molecule has 4 N–H and O–H groups in total. The van der Waals surface area contributed by atoms with Crippen LogP contribution in [0, 0.1) is 0 Å². The molecule has 0 aromatic carbocycles. The lowest BCUT2D eigenvalue weighted by Gasteiger charge is -2.33. The Balaban J connectivity index is 2.32. The lowest BCUT2D eigenvalue weighted by molar-refractivity contribution is -0.139. The summed E-state index contributed by atoms with van der Waals surface area (Å²) in [6.45, 7) is 2.46. The van der Waals surface area contributed by atoms with E-state index in [1.54, 1.807) is 32.9 Å². The highest BCUT2D eigenvalue weighted by Crippen LogP contribution is 2.42. The molecule has 1 aromatic rings. The van der Waals surface area contributed by atoms with Crippen LogP contribution in [0.4, 0.5) is 0 Å². The summed E-state index contributed by atoms with van der Waals surface area (Å²) >= 11 is 0. The fraction of sp³-hybridized carbons (Fsp3) is 0.588. The Hall–Kier alpha value is -1.88. The third-order valence-electron chi connectivity index (χ3n) is 4.78. The molecule has 2 bridgehead atoms. The first-order valence-corrected chi connectivity index (χ1v) is 10.8. The Morgan fingerprint density at radius 2 is 1.45 bits per heavy atom. The molecule has 0 saturated carbocycles. The third-order valence-corrected chi connectivity index (χ3v) is 6.08. The molecule has 2 heterocycles. The second kappa shape index (κ2) is 10.2. The van der Waals surface area contributed by atoms with E-state index in [0.29, 0.717) is 11.4 Å². The van der Waals surface area contributed by atoms with Gasteiger partial charge in [0, 0.05) is 39.3 Å². The molecule has 1 atom stereocenters. The Kier molecular flexibility index (Phi) is 8.26. The molecule has 12 heteroatoms. The summed E-state index contributed by atoms with van der Waals surface area (Å²) in [4.78, 5) is 51.0. The molecule has 162 valence electrons. The minimum absolute atomic E-state index is 0.222. The Bertz CT molecular complexity index is 727. The average Bonchev–Trinajstić information content (AvgIpc) is 2.58. The first-order chi connectivity index (χ1) is 13.5. The largest absolute Gasteiger partial charge is 0.480 e. The molecule has 0 radical (unpaired) electrons. The topological polar surface area (TPSA) is 155 Å². The molecule has 1 aliphatic rings. The third kappa shape index (κ3) is 7.81. The standard InChI is InChI=1S/C17H27N4O7P/c1-13(29(26,27)28)21-7-5-19(11-16(22)23)9-14-3-2-4-15(18-14)10-20(6-8-21)12-17(24)25/h2-4,13H,5-12H2,1H3,(H,22,23)(H,24,25)(H2,26,27,28). The number of fused-ring (bicyclic) bond motifs is 2. The van der Waals surface area contributed by atoms with Gasteiger partial charge in [0.25, 0.3) is 0 Å². The first-order valence-electron chi connectivity index (χ1n) is 9.17. The summed E-state index contributed by atoms with van der Waals surface area (Å²) in [6.07, 6.45) is 0. The zero-order chi connectivity index (χ0) is 21.6. The lowest BCUT2D eigenvalue weighted by Crippen LogP contribution is -2.45. The Labute approximate surface area is 168 Å².